The van der Waals surface area contributed by atoms with Crippen LogP contribution >= 0.6 is 0 Å². The molecule has 0 fully saturated rings. The lowest BCUT2D eigenvalue weighted by atomic mass is 10.0. The van der Waals surface area contributed by atoms with Gasteiger partial charge in [-0.25, -0.2) is 15.0 Å². The standard InChI is InChI=1S/C24H29N7O2/c1-6-31-13-16(12-28-31)15-7-8-17(19(11-15)32-4)20-18-9-10-26-22(21(18)30-23(25)29-20)27-14-24(2,3)33-5/h7-13H,6,14H2,1-5H3,(H,26,27)(H2,25,29,30). The maximum atomic E-state index is 6.12. The number of anilines is 2. The van der Waals surface area contributed by atoms with Gasteiger partial charge in [0.2, 0.25) is 5.95 Å². The van der Waals surface area contributed by atoms with Crippen LogP contribution in [0.2, 0.25) is 0 Å². The molecule has 172 valence electrons. The lowest BCUT2D eigenvalue weighted by Crippen LogP contribution is -2.32. The fourth-order valence-corrected chi connectivity index (χ4v) is 3.53. The highest BCUT2D eigenvalue weighted by Crippen LogP contribution is 2.37. The van der Waals surface area contributed by atoms with E-state index in [2.05, 4.69) is 32.3 Å². The number of benzene rings is 1. The molecule has 1 aromatic carbocycles. The van der Waals surface area contributed by atoms with Gasteiger partial charge in [-0.3, -0.25) is 4.68 Å². The number of rotatable bonds is 8. The first kappa shape index (κ1) is 22.5. The van der Waals surface area contributed by atoms with Crippen molar-refractivity contribution in [3.8, 4) is 28.1 Å². The Kier molecular flexibility index (Phi) is 6.15. The van der Waals surface area contributed by atoms with Gasteiger partial charge in [0.1, 0.15) is 11.3 Å². The topological polar surface area (TPSA) is 113 Å². The van der Waals surface area contributed by atoms with E-state index < -0.39 is 0 Å². The van der Waals surface area contributed by atoms with Crippen molar-refractivity contribution in [1.82, 2.24) is 24.7 Å². The highest BCUT2D eigenvalue weighted by Gasteiger charge is 2.20. The zero-order valence-corrected chi connectivity index (χ0v) is 19.6. The fraction of sp³-hybridized carbons (Fsp3) is 0.333. The fourth-order valence-electron chi connectivity index (χ4n) is 3.53. The van der Waals surface area contributed by atoms with Crippen LogP contribution in [0.4, 0.5) is 11.8 Å². The molecule has 0 aliphatic rings. The normalized spacial score (nSPS) is 11.7. The van der Waals surface area contributed by atoms with Gasteiger partial charge in [0.15, 0.2) is 5.82 Å². The average molecular weight is 448 g/mol. The lowest BCUT2D eigenvalue weighted by molar-refractivity contribution is 0.0343. The molecular weight excluding hydrogens is 418 g/mol. The predicted octanol–water partition coefficient (Wildman–Crippen LogP) is 4.00. The Morgan fingerprint density at radius 3 is 2.64 bits per heavy atom. The van der Waals surface area contributed by atoms with Gasteiger partial charge in [0, 0.05) is 49.1 Å². The molecule has 9 heteroatoms. The SMILES string of the molecule is CCn1cc(-c2ccc(-c3nc(N)nc4c(NCC(C)(C)OC)nccc34)c(OC)c2)cn1. The van der Waals surface area contributed by atoms with Crippen LogP contribution in [-0.2, 0) is 11.3 Å². The zero-order chi connectivity index (χ0) is 23.6. The maximum Gasteiger partial charge on any atom is 0.221 e. The van der Waals surface area contributed by atoms with E-state index in [1.165, 1.54) is 0 Å². The number of nitrogens with zero attached hydrogens (tertiary/aromatic N) is 5. The molecule has 4 rings (SSSR count). The Morgan fingerprint density at radius 2 is 1.94 bits per heavy atom. The summed E-state index contributed by atoms with van der Waals surface area (Å²) in [6, 6.07) is 7.88. The van der Waals surface area contributed by atoms with Gasteiger partial charge in [-0.05, 0) is 44.5 Å². The molecule has 33 heavy (non-hydrogen) atoms. The Labute approximate surface area is 193 Å². The van der Waals surface area contributed by atoms with Crippen molar-refractivity contribution in [2.24, 2.45) is 0 Å². The maximum absolute atomic E-state index is 6.12. The van der Waals surface area contributed by atoms with Crippen LogP contribution in [0.25, 0.3) is 33.3 Å². The van der Waals surface area contributed by atoms with Crippen molar-refractivity contribution in [3.05, 3.63) is 42.9 Å². The van der Waals surface area contributed by atoms with Crippen LogP contribution in [0.1, 0.15) is 20.8 Å². The first-order valence-corrected chi connectivity index (χ1v) is 10.8. The molecule has 0 unspecified atom stereocenters. The van der Waals surface area contributed by atoms with E-state index >= 15 is 0 Å². The highest BCUT2D eigenvalue weighted by molar-refractivity contribution is 5.99. The van der Waals surface area contributed by atoms with Gasteiger partial charge in [0.25, 0.3) is 0 Å². The summed E-state index contributed by atoms with van der Waals surface area (Å²) < 4.78 is 13.1. The number of nitrogens with one attached hydrogen (secondary N) is 1. The number of ether oxygens (including phenoxy) is 2. The van der Waals surface area contributed by atoms with Crippen molar-refractivity contribution in [1.29, 1.82) is 0 Å². The minimum absolute atomic E-state index is 0.162. The second-order valence-electron chi connectivity index (χ2n) is 8.30. The van der Waals surface area contributed by atoms with Gasteiger partial charge >= 0.3 is 0 Å². The van der Waals surface area contributed by atoms with Gasteiger partial charge < -0.3 is 20.5 Å². The van der Waals surface area contributed by atoms with Crippen LogP contribution in [-0.4, -0.2) is 51.1 Å². The molecule has 0 saturated heterocycles. The van der Waals surface area contributed by atoms with Crippen molar-refractivity contribution in [2.45, 2.75) is 32.9 Å². The Hall–Kier alpha value is -3.72. The predicted molar refractivity (Wildman–Crippen MR) is 130 cm³/mol. The van der Waals surface area contributed by atoms with Crippen LogP contribution in [0, 0.1) is 0 Å². The summed E-state index contributed by atoms with van der Waals surface area (Å²) in [5.74, 6) is 1.47. The van der Waals surface area contributed by atoms with Crippen LogP contribution in [0.3, 0.4) is 0 Å². The van der Waals surface area contributed by atoms with Gasteiger partial charge in [0.05, 0.1) is 24.6 Å². The summed E-state index contributed by atoms with van der Waals surface area (Å²) in [6.45, 7) is 7.41. The Morgan fingerprint density at radius 1 is 1.12 bits per heavy atom. The smallest absolute Gasteiger partial charge is 0.221 e. The second kappa shape index (κ2) is 9.03. The highest BCUT2D eigenvalue weighted by atomic mass is 16.5. The minimum atomic E-state index is -0.365. The first-order chi connectivity index (χ1) is 15.8. The molecule has 3 N–H and O–H groups in total. The third kappa shape index (κ3) is 4.58. The number of nitrogen functional groups attached to an aromatic ring is 1. The summed E-state index contributed by atoms with van der Waals surface area (Å²) >= 11 is 0. The molecular formula is C24H29N7O2. The quantitative estimate of drug-likeness (QED) is 0.417. The number of hydrogen-bond acceptors (Lipinski definition) is 8. The summed E-state index contributed by atoms with van der Waals surface area (Å²) in [5, 5.41) is 8.52. The van der Waals surface area contributed by atoms with E-state index in [1.807, 2.05) is 55.2 Å². The van der Waals surface area contributed by atoms with E-state index in [0.29, 0.717) is 29.3 Å². The second-order valence-corrected chi connectivity index (χ2v) is 8.30. The first-order valence-electron chi connectivity index (χ1n) is 10.8. The molecule has 0 atom stereocenters. The van der Waals surface area contributed by atoms with Crippen molar-refractivity contribution >= 4 is 22.7 Å². The van der Waals surface area contributed by atoms with E-state index in [0.717, 1.165) is 28.6 Å². The molecule has 0 amide bonds. The lowest BCUT2D eigenvalue weighted by Gasteiger charge is -2.23. The van der Waals surface area contributed by atoms with Crippen molar-refractivity contribution < 1.29 is 9.47 Å². The minimum Gasteiger partial charge on any atom is -0.496 e. The number of fused-ring (bicyclic) bond motifs is 1. The largest absolute Gasteiger partial charge is 0.496 e. The molecule has 0 aliphatic heterocycles. The van der Waals surface area contributed by atoms with Crippen LogP contribution in [0.15, 0.2) is 42.9 Å². The van der Waals surface area contributed by atoms with Crippen molar-refractivity contribution in [3.63, 3.8) is 0 Å². The summed E-state index contributed by atoms with van der Waals surface area (Å²) in [5.41, 5.74) is 9.92. The Balaban J connectivity index is 1.80. The summed E-state index contributed by atoms with van der Waals surface area (Å²) in [4.78, 5) is 13.5. The van der Waals surface area contributed by atoms with E-state index in [1.54, 1.807) is 20.4 Å². The van der Waals surface area contributed by atoms with Crippen LogP contribution in [0.5, 0.6) is 5.75 Å². The third-order valence-corrected chi connectivity index (χ3v) is 5.61. The number of nitrogens with two attached hydrogens (primary N) is 1. The molecule has 4 aromatic rings. The molecule has 0 bridgehead atoms. The number of methoxy groups -OCH3 is 2. The molecule has 0 saturated carbocycles. The van der Waals surface area contributed by atoms with Gasteiger partial charge in [-0.15, -0.1) is 0 Å². The molecule has 9 nitrogen and oxygen atoms in total. The van der Waals surface area contributed by atoms with E-state index in [-0.39, 0.29) is 11.5 Å². The van der Waals surface area contributed by atoms with E-state index in [9.17, 15) is 0 Å². The third-order valence-electron chi connectivity index (χ3n) is 5.61. The number of aromatic nitrogens is 5. The Bertz CT molecular complexity index is 1280. The molecule has 3 heterocycles. The molecule has 0 aliphatic carbocycles. The molecule has 0 spiro atoms. The van der Waals surface area contributed by atoms with Crippen LogP contribution < -0.4 is 15.8 Å². The van der Waals surface area contributed by atoms with Crippen molar-refractivity contribution in [2.75, 3.05) is 31.8 Å². The average Bonchev–Trinajstić information content (AvgIpc) is 3.31. The summed E-state index contributed by atoms with van der Waals surface area (Å²) in [7, 11) is 3.33. The van der Waals surface area contributed by atoms with Gasteiger partial charge in [-0.1, -0.05) is 6.07 Å². The van der Waals surface area contributed by atoms with E-state index in [4.69, 9.17) is 15.2 Å². The monoisotopic (exact) mass is 447 g/mol. The molecule has 3 aromatic heterocycles. The van der Waals surface area contributed by atoms with Gasteiger partial charge in [-0.2, -0.15) is 5.10 Å². The number of hydrogen-bond donors (Lipinski definition) is 2. The zero-order valence-electron chi connectivity index (χ0n) is 19.6. The molecule has 0 radical (unpaired) electrons. The number of pyridine rings is 1. The number of aryl methyl sites for hydroxylation is 1. The summed E-state index contributed by atoms with van der Waals surface area (Å²) in [6.07, 6.45) is 5.59.